The second-order valence-corrected chi connectivity index (χ2v) is 12.1. The van der Waals surface area contributed by atoms with Gasteiger partial charge >= 0.3 is 0 Å². The van der Waals surface area contributed by atoms with Crippen LogP contribution in [0.4, 0.5) is 20.4 Å². The maximum Gasteiger partial charge on any atom is 0.237 e. The predicted molar refractivity (Wildman–Crippen MR) is 150 cm³/mol. The van der Waals surface area contributed by atoms with E-state index in [1.807, 2.05) is 17.8 Å². The third kappa shape index (κ3) is 6.20. The number of aryl methyl sites for hydroxylation is 1. The third-order valence-corrected chi connectivity index (χ3v) is 8.54. The molecule has 0 bridgehead atoms. The van der Waals surface area contributed by atoms with Crippen molar-refractivity contribution in [1.29, 1.82) is 0 Å². The molecule has 1 aliphatic rings. The van der Waals surface area contributed by atoms with Crippen molar-refractivity contribution >= 4 is 32.7 Å². The Morgan fingerprint density at radius 2 is 1.77 bits per heavy atom. The molecule has 4 aromatic rings. The number of hydrogen-bond acceptors (Lipinski definition) is 6. The number of nitrogens with zero attached hydrogens (tertiary/aromatic N) is 4. The largest absolute Gasteiger partial charge is 0.351 e. The molecule has 11 heteroatoms. The van der Waals surface area contributed by atoms with Crippen LogP contribution < -0.4 is 10.0 Å². The van der Waals surface area contributed by atoms with E-state index in [2.05, 4.69) is 34.0 Å². The summed E-state index contributed by atoms with van der Waals surface area (Å²) in [6.45, 7) is 0. The van der Waals surface area contributed by atoms with Crippen LogP contribution in [0, 0.1) is 11.6 Å². The minimum atomic E-state index is -3.90. The molecule has 2 aromatic carbocycles. The van der Waals surface area contributed by atoms with Crippen molar-refractivity contribution in [1.82, 2.24) is 19.4 Å². The summed E-state index contributed by atoms with van der Waals surface area (Å²) < 4.78 is 57.4. The average Bonchev–Trinajstić information content (AvgIpc) is 3.22. The molecule has 1 aliphatic carbocycles. The van der Waals surface area contributed by atoms with Gasteiger partial charge in [-0.1, -0.05) is 18.2 Å². The van der Waals surface area contributed by atoms with Gasteiger partial charge in [-0.25, -0.2) is 22.2 Å². The molecule has 206 valence electrons. The smallest absolute Gasteiger partial charge is 0.237 e. The zero-order valence-electron chi connectivity index (χ0n) is 22.2. The molecule has 2 N–H and O–H groups in total. The number of sulfonamides is 1. The first-order chi connectivity index (χ1) is 18.6. The lowest BCUT2D eigenvalue weighted by Gasteiger charge is -2.32. The molecule has 39 heavy (non-hydrogen) atoms. The summed E-state index contributed by atoms with van der Waals surface area (Å²) >= 11 is 0. The molecule has 0 unspecified atom stereocenters. The fraction of sp³-hybridized carbons (Fsp3) is 0.357. The van der Waals surface area contributed by atoms with Crippen LogP contribution in [-0.4, -0.2) is 54.0 Å². The Bertz CT molecular complexity index is 1580. The molecule has 2 aromatic heterocycles. The number of hydrogen-bond donors (Lipinski definition) is 2. The Morgan fingerprint density at radius 1 is 1.05 bits per heavy atom. The minimum Gasteiger partial charge on any atom is -0.351 e. The summed E-state index contributed by atoms with van der Waals surface area (Å²) in [5.74, 6) is -0.997. The number of aromatic nitrogens is 3. The van der Waals surface area contributed by atoms with E-state index < -0.39 is 27.4 Å². The van der Waals surface area contributed by atoms with Gasteiger partial charge in [0.05, 0.1) is 11.4 Å². The van der Waals surface area contributed by atoms with Gasteiger partial charge in [-0.15, -0.1) is 0 Å². The average molecular weight is 555 g/mol. The highest BCUT2D eigenvalue weighted by Crippen LogP contribution is 2.32. The minimum absolute atomic E-state index is 0.159. The molecular weight excluding hydrogens is 522 g/mol. The number of rotatable bonds is 8. The van der Waals surface area contributed by atoms with Crippen molar-refractivity contribution in [2.24, 2.45) is 7.05 Å². The van der Waals surface area contributed by atoms with Gasteiger partial charge in [-0.2, -0.15) is 4.98 Å². The molecule has 2 heterocycles. The Balaban J connectivity index is 1.31. The number of benzene rings is 2. The maximum atomic E-state index is 15.0. The molecule has 1 fully saturated rings. The van der Waals surface area contributed by atoms with Crippen molar-refractivity contribution in [2.45, 2.75) is 43.5 Å². The topological polar surface area (TPSA) is 92.1 Å². The van der Waals surface area contributed by atoms with Crippen molar-refractivity contribution in [3.8, 4) is 11.1 Å². The fourth-order valence-corrected chi connectivity index (χ4v) is 6.35. The van der Waals surface area contributed by atoms with Crippen LogP contribution in [0.3, 0.4) is 0 Å². The number of fused-ring (bicyclic) bond motifs is 1. The van der Waals surface area contributed by atoms with Crippen molar-refractivity contribution in [2.75, 3.05) is 24.1 Å². The van der Waals surface area contributed by atoms with Gasteiger partial charge in [0.15, 0.2) is 0 Å². The first-order valence-corrected chi connectivity index (χ1v) is 14.5. The normalized spacial score (nSPS) is 18.0. The van der Waals surface area contributed by atoms with E-state index in [9.17, 15) is 12.8 Å². The van der Waals surface area contributed by atoms with Crippen LogP contribution in [0.5, 0.6) is 0 Å². The Hall–Kier alpha value is -3.57. The molecule has 0 spiro atoms. The number of halogens is 2. The SMILES string of the molecule is CN(C)C1CCC(Nc2ncc3c(-c4ccc(NS(=O)(=O)Cc5ccc(F)cc5)c(F)c4)cn(C)c3n2)CC1. The maximum absolute atomic E-state index is 15.0. The fourth-order valence-electron chi connectivity index (χ4n) is 5.14. The lowest BCUT2D eigenvalue weighted by atomic mass is 9.91. The van der Waals surface area contributed by atoms with Crippen LogP contribution in [0.15, 0.2) is 54.9 Å². The molecule has 0 atom stereocenters. The van der Waals surface area contributed by atoms with Crippen molar-refractivity contribution < 1.29 is 17.2 Å². The van der Waals surface area contributed by atoms with Gasteiger partial charge in [0.1, 0.15) is 17.3 Å². The Morgan fingerprint density at radius 3 is 2.44 bits per heavy atom. The summed E-state index contributed by atoms with van der Waals surface area (Å²) in [6, 6.07) is 10.4. The van der Waals surface area contributed by atoms with Gasteiger partial charge in [0.25, 0.3) is 0 Å². The summed E-state index contributed by atoms with van der Waals surface area (Å²) in [4.78, 5) is 11.5. The lowest BCUT2D eigenvalue weighted by molar-refractivity contribution is 0.221. The highest BCUT2D eigenvalue weighted by Gasteiger charge is 2.23. The molecule has 5 rings (SSSR count). The summed E-state index contributed by atoms with van der Waals surface area (Å²) in [5.41, 5.74) is 2.27. The summed E-state index contributed by atoms with van der Waals surface area (Å²) in [5, 5.41) is 4.24. The third-order valence-electron chi connectivity index (χ3n) is 7.29. The van der Waals surface area contributed by atoms with Gasteiger partial charge in [0.2, 0.25) is 16.0 Å². The summed E-state index contributed by atoms with van der Waals surface area (Å²) in [7, 11) is 2.22. The predicted octanol–water partition coefficient (Wildman–Crippen LogP) is 5.14. The molecular formula is C28H32F2N6O2S. The Labute approximate surface area is 227 Å². The lowest BCUT2D eigenvalue weighted by Crippen LogP contribution is -2.36. The first kappa shape index (κ1) is 27.0. The van der Waals surface area contributed by atoms with E-state index >= 15 is 4.39 Å². The van der Waals surface area contributed by atoms with E-state index in [1.165, 1.54) is 36.4 Å². The van der Waals surface area contributed by atoms with Gasteiger partial charge in [0, 0.05) is 42.5 Å². The molecule has 0 aliphatic heterocycles. The number of nitrogens with one attached hydrogen (secondary N) is 2. The van der Waals surface area contributed by atoms with E-state index in [4.69, 9.17) is 4.98 Å². The van der Waals surface area contributed by atoms with Crippen molar-refractivity contribution in [3.05, 3.63) is 72.1 Å². The molecule has 1 saturated carbocycles. The van der Waals surface area contributed by atoms with Crippen LogP contribution >= 0.6 is 0 Å². The second-order valence-electron chi connectivity index (χ2n) is 10.4. The van der Waals surface area contributed by atoms with Crippen LogP contribution in [0.25, 0.3) is 22.2 Å². The van der Waals surface area contributed by atoms with Gasteiger partial charge < -0.3 is 14.8 Å². The second kappa shape index (κ2) is 10.9. The summed E-state index contributed by atoms with van der Waals surface area (Å²) in [6.07, 6.45) is 7.97. The van der Waals surface area contributed by atoms with Crippen molar-refractivity contribution in [3.63, 3.8) is 0 Å². The van der Waals surface area contributed by atoms with Crippen LogP contribution in [0.2, 0.25) is 0 Å². The van der Waals surface area contributed by atoms with Gasteiger partial charge in [-0.3, -0.25) is 4.72 Å². The molecule has 0 radical (unpaired) electrons. The van der Waals surface area contributed by atoms with E-state index in [0.29, 0.717) is 34.8 Å². The Kier molecular flexibility index (Phi) is 7.55. The number of anilines is 2. The van der Waals surface area contributed by atoms with E-state index in [1.54, 1.807) is 12.3 Å². The van der Waals surface area contributed by atoms with Gasteiger partial charge in [-0.05, 0) is 75.2 Å². The zero-order valence-corrected chi connectivity index (χ0v) is 23.0. The first-order valence-electron chi connectivity index (χ1n) is 12.9. The molecule has 0 amide bonds. The van der Waals surface area contributed by atoms with Crippen LogP contribution in [-0.2, 0) is 22.8 Å². The monoisotopic (exact) mass is 554 g/mol. The quantitative estimate of drug-likeness (QED) is 0.313. The highest BCUT2D eigenvalue weighted by molar-refractivity contribution is 7.91. The molecule has 0 saturated heterocycles. The standard InChI is InChI=1S/C28H32F2N6O2S/c1-35(2)22-11-9-21(10-12-22)32-28-31-15-23-24(16-36(3)27(23)33-28)19-6-13-26(25(30)14-19)34-39(37,38)17-18-4-7-20(29)8-5-18/h4-8,13-16,21-22,34H,9-12,17H2,1-3H3,(H,31,32,33). The van der Waals surface area contributed by atoms with E-state index in [-0.39, 0.29) is 5.69 Å². The van der Waals surface area contributed by atoms with Crippen LogP contribution in [0.1, 0.15) is 31.2 Å². The molecule has 8 nitrogen and oxygen atoms in total. The van der Waals surface area contributed by atoms with E-state index in [0.717, 1.165) is 36.6 Å². The zero-order chi connectivity index (χ0) is 27.7. The highest BCUT2D eigenvalue weighted by atomic mass is 32.2.